The fourth-order valence-electron chi connectivity index (χ4n) is 1.01. The molecule has 0 aliphatic heterocycles. The molecule has 0 fully saturated rings. The molecule has 2 nitrogen and oxygen atoms in total. The third kappa shape index (κ3) is 2.19. The maximum atomic E-state index is 5.74. The van der Waals surface area contributed by atoms with E-state index in [2.05, 4.69) is 11.9 Å². The second-order valence-corrected chi connectivity index (χ2v) is 3.88. The zero-order chi connectivity index (χ0) is 8.27. The first-order valence-electron chi connectivity index (χ1n) is 3.95. The van der Waals surface area contributed by atoms with Crippen LogP contribution in [0, 0.1) is 6.92 Å². The van der Waals surface area contributed by atoms with Crippen molar-refractivity contribution in [2.45, 2.75) is 33.1 Å². The van der Waals surface area contributed by atoms with Crippen LogP contribution < -0.4 is 5.73 Å². The average Bonchev–Trinajstić information content (AvgIpc) is 2.26. The number of unbranched alkanes of at least 4 members (excludes halogenated alkanes) is 1. The molecular formula is C8H14N2S. The third-order valence-corrected chi connectivity index (χ3v) is 2.44. The minimum Gasteiger partial charge on any atom is -0.389 e. The molecule has 0 radical (unpaired) electrons. The van der Waals surface area contributed by atoms with E-state index in [1.54, 1.807) is 11.3 Å². The van der Waals surface area contributed by atoms with Gasteiger partial charge in [-0.3, -0.25) is 0 Å². The van der Waals surface area contributed by atoms with Gasteiger partial charge in [0.15, 0.2) is 0 Å². The van der Waals surface area contributed by atoms with E-state index < -0.39 is 0 Å². The number of rotatable bonds is 3. The molecule has 0 aliphatic carbocycles. The van der Waals surface area contributed by atoms with Crippen LogP contribution in [0.1, 0.15) is 30.5 Å². The van der Waals surface area contributed by atoms with Crippen LogP contribution in [-0.4, -0.2) is 4.98 Å². The van der Waals surface area contributed by atoms with Crippen LogP contribution in [0.3, 0.4) is 0 Å². The Bertz CT molecular complexity index is 230. The Balaban J connectivity index is 2.62. The van der Waals surface area contributed by atoms with E-state index in [9.17, 15) is 0 Å². The number of nitrogens with two attached hydrogens (primary N) is 1. The van der Waals surface area contributed by atoms with E-state index >= 15 is 0 Å². The van der Waals surface area contributed by atoms with E-state index in [-0.39, 0.29) is 0 Å². The normalized spacial score (nSPS) is 10.4. The van der Waals surface area contributed by atoms with Crippen molar-refractivity contribution in [1.82, 2.24) is 4.98 Å². The first-order valence-corrected chi connectivity index (χ1v) is 4.77. The Morgan fingerprint density at radius 3 is 2.73 bits per heavy atom. The van der Waals surface area contributed by atoms with Crippen molar-refractivity contribution < 1.29 is 0 Å². The minimum absolute atomic E-state index is 0.899. The fraction of sp³-hybridized carbons (Fsp3) is 0.625. The third-order valence-electron chi connectivity index (χ3n) is 1.60. The monoisotopic (exact) mass is 170 g/mol. The molecule has 62 valence electrons. The van der Waals surface area contributed by atoms with Gasteiger partial charge in [-0.1, -0.05) is 13.3 Å². The average molecular weight is 170 g/mol. The summed E-state index contributed by atoms with van der Waals surface area (Å²) in [6, 6.07) is 0. The molecule has 1 aromatic heterocycles. The lowest BCUT2D eigenvalue weighted by atomic mass is 10.2. The highest BCUT2D eigenvalue weighted by molar-refractivity contribution is 7.15. The number of nitrogens with zero attached hydrogens (tertiary/aromatic N) is 1. The Hall–Kier alpha value is -0.570. The lowest BCUT2D eigenvalue weighted by molar-refractivity contribution is 0.781. The highest BCUT2D eigenvalue weighted by Crippen LogP contribution is 2.21. The van der Waals surface area contributed by atoms with Gasteiger partial charge in [0.05, 0.1) is 10.7 Å². The molecule has 1 rings (SSSR count). The summed E-state index contributed by atoms with van der Waals surface area (Å²) in [6.07, 6.45) is 3.43. The van der Waals surface area contributed by atoms with Crippen LogP contribution >= 0.6 is 11.3 Å². The van der Waals surface area contributed by atoms with Crippen LogP contribution in [0.2, 0.25) is 0 Å². The molecule has 0 amide bonds. The van der Waals surface area contributed by atoms with Crippen LogP contribution in [0.4, 0.5) is 5.00 Å². The standard InChI is InChI=1S/C8H14N2S/c1-3-4-5-7-8(9)11-6(2)10-7/h3-5,9H2,1-2H3. The zero-order valence-corrected chi connectivity index (χ0v) is 7.87. The smallest absolute Gasteiger partial charge is 0.109 e. The van der Waals surface area contributed by atoms with Crippen molar-refractivity contribution in [3.63, 3.8) is 0 Å². The molecule has 0 saturated heterocycles. The summed E-state index contributed by atoms with van der Waals surface area (Å²) in [5.74, 6) is 0. The van der Waals surface area contributed by atoms with Gasteiger partial charge in [0.1, 0.15) is 5.00 Å². The molecule has 1 heterocycles. The van der Waals surface area contributed by atoms with E-state index in [1.807, 2.05) is 6.92 Å². The number of anilines is 1. The van der Waals surface area contributed by atoms with Gasteiger partial charge in [0, 0.05) is 0 Å². The zero-order valence-electron chi connectivity index (χ0n) is 7.05. The maximum Gasteiger partial charge on any atom is 0.109 e. The first-order chi connectivity index (χ1) is 5.24. The first kappa shape index (κ1) is 8.53. The Labute approximate surface area is 71.5 Å². The molecule has 0 bridgehead atoms. The molecule has 0 aromatic carbocycles. The predicted molar refractivity (Wildman–Crippen MR) is 49.9 cm³/mol. The summed E-state index contributed by atoms with van der Waals surface area (Å²) in [4.78, 5) is 4.34. The van der Waals surface area contributed by atoms with E-state index in [0.29, 0.717) is 0 Å². The summed E-state index contributed by atoms with van der Waals surface area (Å²) >= 11 is 1.59. The Morgan fingerprint density at radius 1 is 1.55 bits per heavy atom. The molecule has 0 unspecified atom stereocenters. The molecule has 0 spiro atoms. The SMILES string of the molecule is CCCCc1nc(C)sc1N. The largest absolute Gasteiger partial charge is 0.389 e. The van der Waals surface area contributed by atoms with Crippen molar-refractivity contribution in [3.8, 4) is 0 Å². The van der Waals surface area contributed by atoms with Gasteiger partial charge in [-0.05, 0) is 19.8 Å². The number of nitrogen functional groups attached to an aromatic ring is 1. The number of aryl methyl sites for hydroxylation is 2. The molecular weight excluding hydrogens is 156 g/mol. The van der Waals surface area contributed by atoms with Crippen LogP contribution in [0.25, 0.3) is 0 Å². The van der Waals surface area contributed by atoms with E-state index in [4.69, 9.17) is 5.73 Å². The fourth-order valence-corrected chi connectivity index (χ4v) is 1.75. The molecule has 3 heteroatoms. The molecule has 11 heavy (non-hydrogen) atoms. The van der Waals surface area contributed by atoms with Gasteiger partial charge >= 0.3 is 0 Å². The summed E-state index contributed by atoms with van der Waals surface area (Å²) in [5, 5.41) is 1.98. The van der Waals surface area contributed by atoms with Gasteiger partial charge in [0.2, 0.25) is 0 Å². The Morgan fingerprint density at radius 2 is 2.27 bits per heavy atom. The number of hydrogen-bond donors (Lipinski definition) is 1. The van der Waals surface area contributed by atoms with E-state index in [0.717, 1.165) is 22.1 Å². The lowest BCUT2D eigenvalue weighted by Crippen LogP contribution is -1.90. The highest BCUT2D eigenvalue weighted by atomic mass is 32.1. The second-order valence-electron chi connectivity index (χ2n) is 2.65. The van der Waals surface area contributed by atoms with Gasteiger partial charge in [-0.2, -0.15) is 0 Å². The van der Waals surface area contributed by atoms with Crippen molar-refractivity contribution >= 4 is 16.3 Å². The van der Waals surface area contributed by atoms with Gasteiger partial charge in [-0.15, -0.1) is 11.3 Å². The lowest BCUT2D eigenvalue weighted by Gasteiger charge is -1.93. The highest BCUT2D eigenvalue weighted by Gasteiger charge is 2.03. The minimum atomic E-state index is 0.899. The summed E-state index contributed by atoms with van der Waals surface area (Å²) in [7, 11) is 0. The van der Waals surface area contributed by atoms with Crippen molar-refractivity contribution in [3.05, 3.63) is 10.7 Å². The van der Waals surface area contributed by atoms with Crippen LogP contribution in [0.15, 0.2) is 0 Å². The topological polar surface area (TPSA) is 38.9 Å². The number of aromatic nitrogens is 1. The number of thiazole rings is 1. The van der Waals surface area contributed by atoms with Crippen molar-refractivity contribution in [2.24, 2.45) is 0 Å². The van der Waals surface area contributed by atoms with Crippen molar-refractivity contribution in [2.75, 3.05) is 5.73 Å². The summed E-state index contributed by atoms with van der Waals surface area (Å²) in [6.45, 7) is 4.17. The van der Waals surface area contributed by atoms with Gasteiger partial charge < -0.3 is 5.73 Å². The maximum absolute atomic E-state index is 5.74. The van der Waals surface area contributed by atoms with Crippen molar-refractivity contribution in [1.29, 1.82) is 0 Å². The van der Waals surface area contributed by atoms with Gasteiger partial charge in [-0.25, -0.2) is 4.98 Å². The molecule has 0 saturated carbocycles. The summed E-state index contributed by atoms with van der Waals surface area (Å²) < 4.78 is 0. The predicted octanol–water partition coefficient (Wildman–Crippen LogP) is 2.38. The van der Waals surface area contributed by atoms with Crippen LogP contribution in [-0.2, 0) is 6.42 Å². The molecule has 2 N–H and O–H groups in total. The van der Waals surface area contributed by atoms with E-state index in [1.165, 1.54) is 12.8 Å². The molecule has 0 atom stereocenters. The quantitative estimate of drug-likeness (QED) is 0.756. The number of hydrogen-bond acceptors (Lipinski definition) is 3. The second kappa shape index (κ2) is 3.72. The molecule has 1 aromatic rings. The molecule has 0 aliphatic rings. The Kier molecular flexibility index (Phi) is 2.88. The summed E-state index contributed by atoms with van der Waals surface area (Å²) in [5.41, 5.74) is 6.83. The van der Waals surface area contributed by atoms with Crippen LogP contribution in [0.5, 0.6) is 0 Å². The van der Waals surface area contributed by atoms with Gasteiger partial charge in [0.25, 0.3) is 0 Å².